The van der Waals surface area contributed by atoms with Crippen molar-refractivity contribution in [3.05, 3.63) is 12.3 Å². The minimum atomic E-state index is 0.186. The monoisotopic (exact) mass is 155 g/mol. The summed E-state index contributed by atoms with van der Waals surface area (Å²) in [6, 6.07) is 0. The Balaban J connectivity index is 3.86. The van der Waals surface area contributed by atoms with Crippen LogP contribution in [-0.4, -0.2) is 19.4 Å². The molecule has 11 heavy (non-hydrogen) atoms. The molecule has 0 aliphatic heterocycles. The summed E-state index contributed by atoms with van der Waals surface area (Å²) in [5.74, 6) is 0.502. The molecule has 3 heteroatoms. The van der Waals surface area contributed by atoms with E-state index in [2.05, 4.69) is 24.2 Å². The highest BCUT2D eigenvalue weighted by molar-refractivity contribution is 5.70. The first-order valence-electron chi connectivity index (χ1n) is 3.79. The maximum Gasteiger partial charge on any atom is 0.101 e. The van der Waals surface area contributed by atoms with Crippen molar-refractivity contribution in [1.82, 2.24) is 5.32 Å². The molecule has 0 saturated carbocycles. The summed E-state index contributed by atoms with van der Waals surface area (Å²) in [5.41, 5.74) is 5.14. The molecule has 0 fully saturated rings. The van der Waals surface area contributed by atoms with Gasteiger partial charge in [-0.1, -0.05) is 13.8 Å². The summed E-state index contributed by atoms with van der Waals surface area (Å²) in [6.45, 7) is 4.23. The van der Waals surface area contributed by atoms with E-state index in [1.54, 1.807) is 12.3 Å². The molecule has 0 bridgehead atoms. The van der Waals surface area contributed by atoms with Gasteiger partial charge in [0.05, 0.1) is 0 Å². The standard InChI is InChI=1S/C8H17N3/c1-7(2)8(10-3)11-6-4-5-9/h4-8,10H,9H2,1-3H3/b5-4-,11-6-. The fourth-order valence-corrected chi connectivity index (χ4v) is 0.772. The zero-order valence-electron chi connectivity index (χ0n) is 7.41. The van der Waals surface area contributed by atoms with E-state index in [0.717, 1.165) is 0 Å². The highest BCUT2D eigenvalue weighted by Gasteiger charge is 2.05. The lowest BCUT2D eigenvalue weighted by Crippen LogP contribution is -2.28. The maximum atomic E-state index is 5.14. The van der Waals surface area contributed by atoms with Crippen molar-refractivity contribution in [3.8, 4) is 0 Å². The van der Waals surface area contributed by atoms with Gasteiger partial charge in [0.1, 0.15) is 6.17 Å². The second kappa shape index (κ2) is 5.92. The van der Waals surface area contributed by atoms with Crippen LogP contribution in [0.25, 0.3) is 0 Å². The average molecular weight is 155 g/mol. The van der Waals surface area contributed by atoms with E-state index in [1.165, 1.54) is 6.20 Å². The second-order valence-electron chi connectivity index (χ2n) is 2.66. The molecule has 0 aromatic heterocycles. The van der Waals surface area contributed by atoms with Gasteiger partial charge in [-0.25, -0.2) is 0 Å². The first-order chi connectivity index (χ1) is 5.22. The Labute approximate surface area is 68.4 Å². The molecule has 0 spiro atoms. The molecule has 0 radical (unpaired) electrons. The van der Waals surface area contributed by atoms with Gasteiger partial charge in [-0.05, 0) is 25.2 Å². The average Bonchev–Trinajstić information content (AvgIpc) is 1.97. The molecule has 0 saturated heterocycles. The van der Waals surface area contributed by atoms with Crippen molar-refractivity contribution in [1.29, 1.82) is 0 Å². The molecule has 0 aliphatic carbocycles. The van der Waals surface area contributed by atoms with E-state index in [9.17, 15) is 0 Å². The molecule has 0 rings (SSSR count). The summed E-state index contributed by atoms with van der Waals surface area (Å²) >= 11 is 0. The van der Waals surface area contributed by atoms with Gasteiger partial charge in [0.2, 0.25) is 0 Å². The van der Waals surface area contributed by atoms with Crippen molar-refractivity contribution in [2.75, 3.05) is 7.05 Å². The number of hydrogen-bond acceptors (Lipinski definition) is 3. The Hall–Kier alpha value is -0.830. The van der Waals surface area contributed by atoms with E-state index in [-0.39, 0.29) is 6.17 Å². The number of aliphatic imine (C=N–C) groups is 1. The summed E-state index contributed by atoms with van der Waals surface area (Å²) < 4.78 is 0. The Morgan fingerprint density at radius 1 is 1.45 bits per heavy atom. The molecule has 3 N–H and O–H groups in total. The largest absolute Gasteiger partial charge is 0.405 e. The Bertz CT molecular complexity index is 138. The molecule has 1 atom stereocenters. The molecule has 0 heterocycles. The van der Waals surface area contributed by atoms with Gasteiger partial charge in [-0.15, -0.1) is 0 Å². The van der Waals surface area contributed by atoms with Crippen LogP contribution in [0.3, 0.4) is 0 Å². The lowest BCUT2D eigenvalue weighted by atomic mass is 10.2. The summed E-state index contributed by atoms with van der Waals surface area (Å²) in [4.78, 5) is 4.23. The maximum absolute atomic E-state index is 5.14. The molecule has 0 amide bonds. The van der Waals surface area contributed by atoms with Crippen molar-refractivity contribution < 1.29 is 0 Å². The van der Waals surface area contributed by atoms with E-state index in [1.807, 2.05) is 7.05 Å². The highest BCUT2D eigenvalue weighted by Crippen LogP contribution is 2.00. The van der Waals surface area contributed by atoms with Gasteiger partial charge in [0.25, 0.3) is 0 Å². The predicted molar refractivity (Wildman–Crippen MR) is 49.5 cm³/mol. The van der Waals surface area contributed by atoms with Crippen LogP contribution in [0.4, 0.5) is 0 Å². The molecule has 3 nitrogen and oxygen atoms in total. The van der Waals surface area contributed by atoms with Gasteiger partial charge < -0.3 is 5.73 Å². The van der Waals surface area contributed by atoms with Gasteiger partial charge in [-0.3, -0.25) is 10.3 Å². The van der Waals surface area contributed by atoms with Crippen LogP contribution in [0, 0.1) is 5.92 Å². The molecule has 64 valence electrons. The number of nitrogens with zero attached hydrogens (tertiary/aromatic N) is 1. The van der Waals surface area contributed by atoms with Gasteiger partial charge >= 0.3 is 0 Å². The highest BCUT2D eigenvalue weighted by atomic mass is 15.0. The topological polar surface area (TPSA) is 50.4 Å². The minimum absolute atomic E-state index is 0.186. The first kappa shape index (κ1) is 10.2. The molecular weight excluding hydrogens is 138 g/mol. The van der Waals surface area contributed by atoms with Crippen LogP contribution >= 0.6 is 0 Å². The first-order valence-corrected chi connectivity index (χ1v) is 3.79. The SMILES string of the molecule is CNC(/N=C\C=C/N)C(C)C. The Kier molecular flexibility index (Phi) is 5.47. The lowest BCUT2D eigenvalue weighted by molar-refractivity contribution is 0.444. The minimum Gasteiger partial charge on any atom is -0.405 e. The number of nitrogens with two attached hydrogens (primary N) is 1. The molecule has 0 aliphatic rings. The van der Waals surface area contributed by atoms with Crippen molar-refractivity contribution >= 4 is 6.21 Å². The van der Waals surface area contributed by atoms with Crippen LogP contribution in [0.5, 0.6) is 0 Å². The number of hydrogen-bond donors (Lipinski definition) is 2. The third-order valence-electron chi connectivity index (χ3n) is 1.37. The molecule has 1 unspecified atom stereocenters. The molecular formula is C8H17N3. The fraction of sp³-hybridized carbons (Fsp3) is 0.625. The van der Waals surface area contributed by atoms with Crippen LogP contribution < -0.4 is 11.1 Å². The number of nitrogens with one attached hydrogen (secondary N) is 1. The normalized spacial score (nSPS) is 15.3. The van der Waals surface area contributed by atoms with Crippen LogP contribution in [0.15, 0.2) is 17.3 Å². The van der Waals surface area contributed by atoms with Crippen LogP contribution in [-0.2, 0) is 0 Å². The van der Waals surface area contributed by atoms with Crippen molar-refractivity contribution in [2.45, 2.75) is 20.0 Å². The van der Waals surface area contributed by atoms with E-state index in [4.69, 9.17) is 5.73 Å². The zero-order valence-corrected chi connectivity index (χ0v) is 7.41. The summed E-state index contributed by atoms with van der Waals surface area (Å²) in [7, 11) is 1.90. The molecule has 0 aromatic carbocycles. The van der Waals surface area contributed by atoms with E-state index >= 15 is 0 Å². The van der Waals surface area contributed by atoms with Crippen LogP contribution in [0.2, 0.25) is 0 Å². The fourth-order valence-electron chi connectivity index (χ4n) is 0.772. The van der Waals surface area contributed by atoms with Gasteiger partial charge in [0, 0.05) is 6.21 Å². The third-order valence-corrected chi connectivity index (χ3v) is 1.37. The smallest absolute Gasteiger partial charge is 0.101 e. The van der Waals surface area contributed by atoms with Crippen LogP contribution in [0.1, 0.15) is 13.8 Å². The second-order valence-corrected chi connectivity index (χ2v) is 2.66. The Morgan fingerprint density at radius 3 is 2.45 bits per heavy atom. The van der Waals surface area contributed by atoms with Crippen molar-refractivity contribution in [3.63, 3.8) is 0 Å². The summed E-state index contributed by atoms with van der Waals surface area (Å²) in [6.07, 6.45) is 5.08. The van der Waals surface area contributed by atoms with Gasteiger partial charge in [-0.2, -0.15) is 0 Å². The lowest BCUT2D eigenvalue weighted by Gasteiger charge is -2.14. The number of allylic oxidation sites excluding steroid dienone is 1. The Morgan fingerprint density at radius 2 is 2.09 bits per heavy atom. The quantitative estimate of drug-likeness (QED) is 0.588. The number of rotatable bonds is 4. The van der Waals surface area contributed by atoms with E-state index in [0.29, 0.717) is 5.92 Å². The van der Waals surface area contributed by atoms with E-state index < -0.39 is 0 Å². The van der Waals surface area contributed by atoms with Crippen molar-refractivity contribution in [2.24, 2.45) is 16.6 Å². The molecule has 0 aromatic rings. The predicted octanol–water partition coefficient (Wildman–Crippen LogP) is 0.731. The summed E-state index contributed by atoms with van der Waals surface area (Å²) in [5, 5.41) is 3.09. The zero-order chi connectivity index (χ0) is 8.69. The third kappa shape index (κ3) is 4.56. The van der Waals surface area contributed by atoms with Gasteiger partial charge in [0.15, 0.2) is 0 Å².